The summed E-state index contributed by atoms with van der Waals surface area (Å²) in [5.74, 6) is 0. The van der Waals surface area contributed by atoms with E-state index in [0.29, 0.717) is 0 Å². The molecule has 0 aliphatic heterocycles. The van der Waals surface area contributed by atoms with E-state index in [-0.39, 0.29) is 6.04 Å². The minimum absolute atomic E-state index is 0.171. The van der Waals surface area contributed by atoms with E-state index in [1.165, 1.54) is 16.7 Å². The summed E-state index contributed by atoms with van der Waals surface area (Å²) in [4.78, 5) is 0. The van der Waals surface area contributed by atoms with Gasteiger partial charge < -0.3 is 5.32 Å². The van der Waals surface area contributed by atoms with Crippen molar-refractivity contribution < 1.29 is 0 Å². The van der Waals surface area contributed by atoms with Crippen LogP contribution in [0.2, 0.25) is 0 Å². The number of hydrogen-bond donors (Lipinski definition) is 1. The average molecular weight is 462 g/mol. The molecular formula is C16H16Br3N. The Morgan fingerprint density at radius 1 is 0.950 bits per heavy atom. The molecule has 106 valence electrons. The highest BCUT2D eigenvalue weighted by Gasteiger charge is 2.18. The number of halogens is 3. The molecule has 1 unspecified atom stereocenters. The zero-order valence-corrected chi connectivity index (χ0v) is 16.1. The molecule has 0 heterocycles. The number of aryl methyl sites for hydroxylation is 1. The Labute approximate surface area is 145 Å². The smallest absolute Gasteiger partial charge is 0.0591 e. The summed E-state index contributed by atoms with van der Waals surface area (Å²) in [6, 6.07) is 12.9. The number of benzene rings is 2. The molecule has 2 aromatic rings. The number of rotatable bonds is 4. The SMILES string of the molecule is CCNC(c1cc(Br)ccc1C)c1cc(Br)ccc1Br. The van der Waals surface area contributed by atoms with Gasteiger partial charge in [-0.15, -0.1) is 0 Å². The second-order valence-electron chi connectivity index (χ2n) is 4.66. The maximum absolute atomic E-state index is 3.67. The van der Waals surface area contributed by atoms with Gasteiger partial charge in [-0.05, 0) is 60.5 Å². The van der Waals surface area contributed by atoms with Gasteiger partial charge in [0.25, 0.3) is 0 Å². The fourth-order valence-corrected chi connectivity index (χ4v) is 3.48. The first-order valence-electron chi connectivity index (χ1n) is 6.47. The van der Waals surface area contributed by atoms with Crippen LogP contribution in [0.25, 0.3) is 0 Å². The molecule has 1 N–H and O–H groups in total. The zero-order chi connectivity index (χ0) is 14.7. The molecule has 0 aliphatic rings. The van der Waals surface area contributed by atoms with Crippen molar-refractivity contribution in [1.29, 1.82) is 0 Å². The first kappa shape index (κ1) is 16.2. The molecule has 4 heteroatoms. The second-order valence-corrected chi connectivity index (χ2v) is 7.34. The Bertz CT molecular complexity index is 559. The molecule has 0 saturated carbocycles. The highest BCUT2D eigenvalue weighted by Crippen LogP contribution is 2.33. The monoisotopic (exact) mass is 459 g/mol. The zero-order valence-electron chi connectivity index (χ0n) is 11.4. The van der Waals surface area contributed by atoms with Gasteiger partial charge in [-0.3, -0.25) is 0 Å². The van der Waals surface area contributed by atoms with E-state index in [1.54, 1.807) is 0 Å². The predicted octanol–water partition coefficient (Wildman–Crippen LogP) is 5.98. The van der Waals surface area contributed by atoms with Crippen molar-refractivity contribution >= 4 is 47.8 Å². The second kappa shape index (κ2) is 7.21. The molecule has 0 saturated heterocycles. The molecular weight excluding hydrogens is 446 g/mol. The van der Waals surface area contributed by atoms with Gasteiger partial charge >= 0.3 is 0 Å². The molecule has 1 atom stereocenters. The van der Waals surface area contributed by atoms with Gasteiger partial charge in [0, 0.05) is 13.4 Å². The van der Waals surface area contributed by atoms with Crippen molar-refractivity contribution in [2.75, 3.05) is 6.54 Å². The Hall–Kier alpha value is -0.160. The summed E-state index contributed by atoms with van der Waals surface area (Å²) in [6.45, 7) is 5.19. The molecule has 2 aromatic carbocycles. The van der Waals surface area contributed by atoms with Crippen LogP contribution in [0.4, 0.5) is 0 Å². The molecule has 0 spiro atoms. The third-order valence-electron chi connectivity index (χ3n) is 3.23. The van der Waals surface area contributed by atoms with Crippen LogP contribution in [0.5, 0.6) is 0 Å². The van der Waals surface area contributed by atoms with Gasteiger partial charge in [-0.2, -0.15) is 0 Å². The molecule has 2 rings (SSSR count). The van der Waals surface area contributed by atoms with Gasteiger partial charge in [-0.25, -0.2) is 0 Å². The fraction of sp³-hybridized carbons (Fsp3) is 0.250. The topological polar surface area (TPSA) is 12.0 Å². The highest BCUT2D eigenvalue weighted by atomic mass is 79.9. The molecule has 0 radical (unpaired) electrons. The van der Waals surface area contributed by atoms with Crippen LogP contribution in [-0.4, -0.2) is 6.54 Å². The van der Waals surface area contributed by atoms with Gasteiger partial charge in [0.05, 0.1) is 6.04 Å². The van der Waals surface area contributed by atoms with Crippen LogP contribution in [0.15, 0.2) is 49.8 Å². The van der Waals surface area contributed by atoms with Gasteiger partial charge in [0.2, 0.25) is 0 Å². The molecule has 0 aromatic heterocycles. The number of nitrogens with one attached hydrogen (secondary N) is 1. The van der Waals surface area contributed by atoms with E-state index in [0.717, 1.165) is 20.0 Å². The van der Waals surface area contributed by atoms with Gasteiger partial charge in [-0.1, -0.05) is 60.8 Å². The summed E-state index contributed by atoms with van der Waals surface area (Å²) in [7, 11) is 0. The molecule has 20 heavy (non-hydrogen) atoms. The van der Waals surface area contributed by atoms with Gasteiger partial charge in [0.1, 0.15) is 0 Å². The first-order chi connectivity index (χ1) is 9.52. The third-order valence-corrected chi connectivity index (χ3v) is 4.94. The van der Waals surface area contributed by atoms with Crippen molar-refractivity contribution in [3.8, 4) is 0 Å². The maximum Gasteiger partial charge on any atom is 0.0591 e. The fourth-order valence-electron chi connectivity index (χ4n) is 2.25. The van der Waals surface area contributed by atoms with E-state index in [4.69, 9.17) is 0 Å². The summed E-state index contributed by atoms with van der Waals surface area (Å²) < 4.78 is 3.31. The summed E-state index contributed by atoms with van der Waals surface area (Å²) >= 11 is 10.8. The minimum Gasteiger partial charge on any atom is -0.306 e. The van der Waals surface area contributed by atoms with Crippen molar-refractivity contribution in [3.63, 3.8) is 0 Å². The molecule has 0 amide bonds. The van der Waals surface area contributed by atoms with E-state index in [1.807, 2.05) is 6.07 Å². The lowest BCUT2D eigenvalue weighted by atomic mass is 9.95. The lowest BCUT2D eigenvalue weighted by Crippen LogP contribution is -2.23. The normalized spacial score (nSPS) is 12.4. The Kier molecular flexibility index (Phi) is 5.84. The van der Waals surface area contributed by atoms with Crippen LogP contribution < -0.4 is 5.32 Å². The Morgan fingerprint density at radius 2 is 1.55 bits per heavy atom. The lowest BCUT2D eigenvalue weighted by Gasteiger charge is -2.22. The van der Waals surface area contributed by atoms with Crippen LogP contribution in [0.3, 0.4) is 0 Å². The molecule has 0 bridgehead atoms. The number of hydrogen-bond acceptors (Lipinski definition) is 1. The summed E-state index contributed by atoms with van der Waals surface area (Å²) in [5.41, 5.74) is 3.81. The third kappa shape index (κ3) is 3.73. The van der Waals surface area contributed by atoms with Crippen LogP contribution in [0, 0.1) is 6.92 Å². The summed E-state index contributed by atoms with van der Waals surface area (Å²) in [5, 5.41) is 3.58. The minimum atomic E-state index is 0.171. The first-order valence-corrected chi connectivity index (χ1v) is 8.85. The van der Waals surface area contributed by atoms with Crippen molar-refractivity contribution in [2.45, 2.75) is 19.9 Å². The maximum atomic E-state index is 3.67. The van der Waals surface area contributed by atoms with Crippen molar-refractivity contribution in [3.05, 3.63) is 66.5 Å². The highest BCUT2D eigenvalue weighted by molar-refractivity contribution is 9.11. The van der Waals surface area contributed by atoms with Crippen LogP contribution in [0.1, 0.15) is 29.7 Å². The van der Waals surface area contributed by atoms with E-state index in [9.17, 15) is 0 Å². The van der Waals surface area contributed by atoms with Crippen LogP contribution in [-0.2, 0) is 0 Å². The summed E-state index contributed by atoms with van der Waals surface area (Å²) in [6.07, 6.45) is 0. The predicted molar refractivity (Wildman–Crippen MR) is 96.2 cm³/mol. The lowest BCUT2D eigenvalue weighted by molar-refractivity contribution is 0.625. The van der Waals surface area contributed by atoms with E-state index < -0.39 is 0 Å². The Morgan fingerprint density at radius 3 is 2.20 bits per heavy atom. The average Bonchev–Trinajstić information content (AvgIpc) is 2.42. The van der Waals surface area contributed by atoms with Gasteiger partial charge in [0.15, 0.2) is 0 Å². The largest absolute Gasteiger partial charge is 0.306 e. The van der Waals surface area contributed by atoms with Crippen molar-refractivity contribution in [2.24, 2.45) is 0 Å². The molecule has 1 nitrogen and oxygen atoms in total. The van der Waals surface area contributed by atoms with Crippen LogP contribution >= 0.6 is 47.8 Å². The molecule has 0 fully saturated rings. The van der Waals surface area contributed by atoms with Crippen molar-refractivity contribution in [1.82, 2.24) is 5.32 Å². The standard InChI is InChI=1S/C16H16Br3N/c1-3-20-16(13-8-11(17)5-4-10(13)2)14-9-12(18)6-7-15(14)19/h4-9,16,20H,3H2,1-2H3. The van der Waals surface area contributed by atoms with E-state index >= 15 is 0 Å². The Balaban J connectivity index is 2.55. The molecule has 0 aliphatic carbocycles. The quantitative estimate of drug-likeness (QED) is 0.590. The van der Waals surface area contributed by atoms with E-state index in [2.05, 4.69) is 97.3 Å².